The van der Waals surface area contributed by atoms with E-state index in [0.717, 1.165) is 0 Å². The number of fused-ring (bicyclic) bond motifs is 1. The van der Waals surface area contributed by atoms with Crippen molar-refractivity contribution in [2.75, 3.05) is 10.8 Å². The molecule has 0 bridgehead atoms. The second kappa shape index (κ2) is 5.18. The molecule has 0 aliphatic carbocycles. The van der Waals surface area contributed by atoms with E-state index in [9.17, 15) is 8.42 Å². The van der Waals surface area contributed by atoms with Gasteiger partial charge in [-0.3, -0.25) is 4.31 Å². The second-order valence-electron chi connectivity index (χ2n) is 4.66. The lowest BCUT2D eigenvalue weighted by Gasteiger charge is -2.31. The minimum Gasteiger partial charge on any atom is -0.411 e. The van der Waals surface area contributed by atoms with Crippen LogP contribution < -0.4 is 9.03 Å². The van der Waals surface area contributed by atoms with Crippen molar-refractivity contribution in [2.24, 2.45) is 5.16 Å². The molecule has 0 atom stereocenters. The van der Waals surface area contributed by atoms with Gasteiger partial charge >= 0.3 is 10.2 Å². The Morgan fingerprint density at radius 1 is 1.37 bits per heavy atom. The molecule has 0 spiro atoms. The van der Waals surface area contributed by atoms with Crippen molar-refractivity contribution in [2.45, 2.75) is 26.3 Å². The van der Waals surface area contributed by atoms with E-state index in [-0.39, 0.29) is 12.6 Å². The molecule has 7 heteroatoms. The first-order chi connectivity index (χ1) is 8.95. The van der Waals surface area contributed by atoms with E-state index >= 15 is 0 Å². The summed E-state index contributed by atoms with van der Waals surface area (Å²) in [4.78, 5) is 0. The van der Waals surface area contributed by atoms with Crippen LogP contribution in [0.5, 0.6) is 0 Å². The number of nitrogens with one attached hydrogen (secondary N) is 1. The Balaban J connectivity index is 2.46. The van der Waals surface area contributed by atoms with Crippen LogP contribution >= 0.6 is 0 Å². The molecule has 0 unspecified atom stereocenters. The summed E-state index contributed by atoms with van der Waals surface area (Å²) in [5.74, 6) is 0. The lowest BCUT2D eigenvalue weighted by atomic mass is 10.0. The smallest absolute Gasteiger partial charge is 0.301 e. The summed E-state index contributed by atoms with van der Waals surface area (Å²) in [6.45, 7) is 3.81. The molecule has 0 amide bonds. The zero-order chi connectivity index (χ0) is 14.0. The number of hydrogen-bond acceptors (Lipinski definition) is 4. The van der Waals surface area contributed by atoms with Crippen molar-refractivity contribution >= 4 is 21.6 Å². The number of hydrogen-bond donors (Lipinski definition) is 2. The summed E-state index contributed by atoms with van der Waals surface area (Å²) in [6, 6.07) is 6.83. The molecule has 0 fully saturated rings. The van der Waals surface area contributed by atoms with Crippen molar-refractivity contribution in [1.29, 1.82) is 0 Å². The molecule has 0 aromatic heterocycles. The van der Waals surface area contributed by atoms with Crippen molar-refractivity contribution in [3.05, 3.63) is 29.8 Å². The largest absolute Gasteiger partial charge is 0.411 e. The molecule has 1 aliphatic heterocycles. The Bertz CT molecular complexity index is 596. The zero-order valence-electron chi connectivity index (χ0n) is 10.9. The SMILES string of the molecule is CC(C)NS(=O)(=O)N1CC/C(=N/O)c2ccccc21. The van der Waals surface area contributed by atoms with Gasteiger partial charge in [0.05, 0.1) is 11.4 Å². The minimum atomic E-state index is -3.58. The van der Waals surface area contributed by atoms with Gasteiger partial charge in [0.1, 0.15) is 0 Å². The summed E-state index contributed by atoms with van der Waals surface area (Å²) in [5, 5.41) is 12.2. The van der Waals surface area contributed by atoms with Crippen LogP contribution in [-0.4, -0.2) is 31.9 Å². The molecule has 0 radical (unpaired) electrons. The van der Waals surface area contributed by atoms with Gasteiger partial charge < -0.3 is 5.21 Å². The zero-order valence-corrected chi connectivity index (χ0v) is 11.7. The maximum Gasteiger partial charge on any atom is 0.301 e. The van der Waals surface area contributed by atoms with Gasteiger partial charge in [0, 0.05) is 24.6 Å². The van der Waals surface area contributed by atoms with Crippen LogP contribution in [-0.2, 0) is 10.2 Å². The Morgan fingerprint density at radius 3 is 2.68 bits per heavy atom. The average molecular weight is 283 g/mol. The van der Waals surface area contributed by atoms with E-state index < -0.39 is 10.2 Å². The number of para-hydroxylation sites is 1. The topological polar surface area (TPSA) is 82.0 Å². The average Bonchev–Trinajstić information content (AvgIpc) is 2.35. The van der Waals surface area contributed by atoms with Gasteiger partial charge in [0.2, 0.25) is 0 Å². The fourth-order valence-corrected chi connectivity index (χ4v) is 3.59. The minimum absolute atomic E-state index is 0.176. The quantitative estimate of drug-likeness (QED) is 0.648. The van der Waals surface area contributed by atoms with E-state index in [2.05, 4.69) is 9.88 Å². The van der Waals surface area contributed by atoms with Crippen molar-refractivity contribution in [3.8, 4) is 0 Å². The summed E-state index contributed by atoms with van der Waals surface area (Å²) in [5.41, 5.74) is 1.69. The van der Waals surface area contributed by atoms with Gasteiger partial charge in [0.15, 0.2) is 0 Å². The number of oxime groups is 1. The Hall–Kier alpha value is -1.60. The van der Waals surface area contributed by atoms with Gasteiger partial charge in [0.25, 0.3) is 0 Å². The molecule has 2 rings (SSSR count). The van der Waals surface area contributed by atoms with Crippen LogP contribution in [0.3, 0.4) is 0 Å². The van der Waals surface area contributed by atoms with Gasteiger partial charge in [-0.2, -0.15) is 13.1 Å². The number of rotatable bonds is 3. The fourth-order valence-electron chi connectivity index (χ4n) is 2.11. The molecule has 1 aliphatic rings. The summed E-state index contributed by atoms with van der Waals surface area (Å²) in [6.07, 6.45) is 0.381. The van der Waals surface area contributed by atoms with E-state index in [1.54, 1.807) is 38.1 Å². The standard InChI is InChI=1S/C12H17N3O3S/c1-9(2)14-19(17,18)15-8-7-11(13-16)10-5-3-4-6-12(10)15/h3-6,9,14,16H,7-8H2,1-2H3/b13-11-. The van der Waals surface area contributed by atoms with Gasteiger partial charge in [-0.25, -0.2) is 0 Å². The Labute approximate surface area is 112 Å². The normalized spacial score (nSPS) is 17.8. The summed E-state index contributed by atoms with van der Waals surface area (Å²) >= 11 is 0. The monoisotopic (exact) mass is 283 g/mol. The number of benzene rings is 1. The van der Waals surface area contributed by atoms with Crippen LogP contribution in [0.15, 0.2) is 29.4 Å². The van der Waals surface area contributed by atoms with Crippen LogP contribution in [0.4, 0.5) is 5.69 Å². The predicted octanol–water partition coefficient (Wildman–Crippen LogP) is 1.32. The lowest BCUT2D eigenvalue weighted by molar-refractivity contribution is 0.318. The molecule has 104 valence electrons. The maximum absolute atomic E-state index is 12.3. The summed E-state index contributed by atoms with van der Waals surface area (Å²) < 4.78 is 28.4. The van der Waals surface area contributed by atoms with Crippen LogP contribution in [0, 0.1) is 0 Å². The molecule has 2 N–H and O–H groups in total. The highest BCUT2D eigenvalue weighted by atomic mass is 32.2. The van der Waals surface area contributed by atoms with Crippen molar-refractivity contribution in [1.82, 2.24) is 4.72 Å². The molecule has 1 aromatic carbocycles. The van der Waals surface area contributed by atoms with Crippen molar-refractivity contribution in [3.63, 3.8) is 0 Å². The Morgan fingerprint density at radius 2 is 2.05 bits per heavy atom. The first kappa shape index (κ1) is 13.8. The fraction of sp³-hybridized carbons (Fsp3) is 0.417. The molecule has 1 heterocycles. The molecule has 19 heavy (non-hydrogen) atoms. The molecule has 1 aromatic rings. The summed E-state index contributed by atoms with van der Waals surface area (Å²) in [7, 11) is -3.58. The highest BCUT2D eigenvalue weighted by Gasteiger charge is 2.30. The lowest BCUT2D eigenvalue weighted by Crippen LogP contribution is -2.46. The van der Waals surface area contributed by atoms with Crippen LogP contribution in [0.25, 0.3) is 0 Å². The first-order valence-corrected chi connectivity index (χ1v) is 7.50. The van der Waals surface area contributed by atoms with E-state index in [1.807, 2.05) is 0 Å². The molecule has 0 saturated carbocycles. The van der Waals surface area contributed by atoms with Crippen LogP contribution in [0.2, 0.25) is 0 Å². The third-order valence-corrected chi connectivity index (χ3v) is 4.56. The van der Waals surface area contributed by atoms with E-state index in [0.29, 0.717) is 23.4 Å². The van der Waals surface area contributed by atoms with Gasteiger partial charge in [-0.1, -0.05) is 23.4 Å². The molecule has 0 saturated heterocycles. The molecular weight excluding hydrogens is 266 g/mol. The van der Waals surface area contributed by atoms with E-state index in [4.69, 9.17) is 5.21 Å². The van der Waals surface area contributed by atoms with Crippen LogP contribution in [0.1, 0.15) is 25.8 Å². The van der Waals surface area contributed by atoms with Gasteiger partial charge in [-0.15, -0.1) is 0 Å². The Kier molecular flexibility index (Phi) is 3.77. The molecular formula is C12H17N3O3S. The third-order valence-electron chi connectivity index (χ3n) is 2.83. The highest BCUT2D eigenvalue weighted by Crippen LogP contribution is 2.29. The maximum atomic E-state index is 12.3. The number of anilines is 1. The highest BCUT2D eigenvalue weighted by molar-refractivity contribution is 7.90. The predicted molar refractivity (Wildman–Crippen MR) is 73.9 cm³/mol. The third kappa shape index (κ3) is 2.71. The second-order valence-corrected chi connectivity index (χ2v) is 6.29. The van der Waals surface area contributed by atoms with E-state index in [1.165, 1.54) is 4.31 Å². The molecule has 6 nitrogen and oxygen atoms in total. The first-order valence-electron chi connectivity index (χ1n) is 6.06. The van der Waals surface area contributed by atoms with Gasteiger partial charge in [-0.05, 0) is 19.9 Å². The number of nitrogens with zero attached hydrogens (tertiary/aromatic N) is 2. The van der Waals surface area contributed by atoms with Crippen molar-refractivity contribution < 1.29 is 13.6 Å².